The molecule has 2 heterocycles. The first-order valence-corrected chi connectivity index (χ1v) is 7.72. The van der Waals surface area contributed by atoms with E-state index in [-0.39, 0.29) is 11.5 Å². The molecule has 118 valence electrons. The van der Waals surface area contributed by atoms with Crippen LogP contribution in [-0.2, 0) is 0 Å². The van der Waals surface area contributed by atoms with Crippen molar-refractivity contribution in [3.05, 3.63) is 71.8 Å². The lowest BCUT2D eigenvalue weighted by Gasteiger charge is -2.23. The topological polar surface area (TPSA) is 46.1 Å². The number of carbonyl (C=O) groups is 1. The molecule has 24 heavy (non-hydrogen) atoms. The van der Waals surface area contributed by atoms with Gasteiger partial charge in [-0.3, -0.25) is 14.8 Å². The lowest BCUT2D eigenvalue weighted by Crippen LogP contribution is -2.32. The Morgan fingerprint density at radius 3 is 2.67 bits per heavy atom. The molecule has 0 fully saturated rings. The molecule has 1 aliphatic heterocycles. The molecule has 0 radical (unpaired) electrons. The molecule has 1 amide bonds. The summed E-state index contributed by atoms with van der Waals surface area (Å²) in [6.45, 7) is 0.504. The molecular weight excluding hydrogens is 305 g/mol. The molecule has 5 heteroatoms. The van der Waals surface area contributed by atoms with Crippen molar-refractivity contribution in [2.75, 3.05) is 11.4 Å². The largest absolute Gasteiger partial charge is 0.307 e. The third kappa shape index (κ3) is 2.44. The minimum absolute atomic E-state index is 0.0136. The molecule has 0 unspecified atom stereocenters. The average molecular weight is 319 g/mol. The van der Waals surface area contributed by atoms with E-state index in [1.165, 1.54) is 24.5 Å². The van der Waals surface area contributed by atoms with Crippen molar-refractivity contribution in [2.45, 2.75) is 6.42 Å². The summed E-state index contributed by atoms with van der Waals surface area (Å²) in [5.74, 6) is -0.945. The van der Waals surface area contributed by atoms with Crippen LogP contribution >= 0.6 is 0 Å². The van der Waals surface area contributed by atoms with Gasteiger partial charge in [-0.15, -0.1) is 0 Å². The molecule has 0 bridgehead atoms. The van der Waals surface area contributed by atoms with Gasteiger partial charge in [0.25, 0.3) is 5.91 Å². The second kappa shape index (κ2) is 5.85. The van der Waals surface area contributed by atoms with Crippen LogP contribution in [0.3, 0.4) is 0 Å². The Bertz CT molecular complexity index is 968. The Morgan fingerprint density at radius 2 is 1.83 bits per heavy atom. The fourth-order valence-electron chi connectivity index (χ4n) is 2.91. The van der Waals surface area contributed by atoms with E-state index in [4.69, 9.17) is 0 Å². The third-order valence-electron chi connectivity index (χ3n) is 4.08. The highest BCUT2D eigenvalue weighted by atomic mass is 19.1. The van der Waals surface area contributed by atoms with E-state index in [1.54, 1.807) is 4.90 Å². The molecule has 3 aromatic rings. The number of nitrogens with zero attached hydrogens (tertiary/aromatic N) is 3. The van der Waals surface area contributed by atoms with Gasteiger partial charge in [-0.25, -0.2) is 4.39 Å². The number of anilines is 1. The monoisotopic (exact) mass is 319 g/mol. The van der Waals surface area contributed by atoms with E-state index in [0.717, 1.165) is 17.7 Å². The van der Waals surface area contributed by atoms with Crippen LogP contribution in [0.2, 0.25) is 0 Å². The maximum absolute atomic E-state index is 14.5. The zero-order chi connectivity index (χ0) is 16.5. The van der Waals surface area contributed by atoms with Gasteiger partial charge in [-0.05, 0) is 24.1 Å². The Morgan fingerprint density at radius 1 is 1.08 bits per heavy atom. The molecule has 0 atom stereocenters. The summed E-state index contributed by atoms with van der Waals surface area (Å²) in [7, 11) is 0. The van der Waals surface area contributed by atoms with Gasteiger partial charge in [0.05, 0.1) is 22.3 Å². The zero-order valence-corrected chi connectivity index (χ0v) is 12.8. The molecule has 0 aliphatic carbocycles. The van der Waals surface area contributed by atoms with E-state index in [9.17, 15) is 9.18 Å². The van der Waals surface area contributed by atoms with Gasteiger partial charge in [0, 0.05) is 25.0 Å². The highest BCUT2D eigenvalue weighted by Gasteiger charge is 2.23. The number of hydrogen-bond donors (Lipinski definition) is 0. The first kappa shape index (κ1) is 14.5. The van der Waals surface area contributed by atoms with Crippen LogP contribution in [0.4, 0.5) is 10.1 Å². The number of halogens is 1. The first-order chi connectivity index (χ1) is 11.7. The molecule has 1 aliphatic rings. The van der Waals surface area contributed by atoms with Crippen molar-refractivity contribution in [3.63, 3.8) is 0 Å². The summed E-state index contributed by atoms with van der Waals surface area (Å²) >= 11 is 0. The van der Waals surface area contributed by atoms with E-state index in [1.807, 2.05) is 36.4 Å². The van der Waals surface area contributed by atoms with Crippen molar-refractivity contribution >= 4 is 28.7 Å². The van der Waals surface area contributed by atoms with Gasteiger partial charge in [-0.2, -0.15) is 0 Å². The van der Waals surface area contributed by atoms with E-state index < -0.39 is 5.82 Å². The smallest absolute Gasteiger partial charge is 0.261 e. The Kier molecular flexibility index (Phi) is 3.54. The lowest BCUT2D eigenvalue weighted by molar-refractivity contribution is 0.0983. The van der Waals surface area contributed by atoms with Gasteiger partial charge >= 0.3 is 0 Å². The normalized spacial score (nSPS) is 13.6. The summed E-state index contributed by atoms with van der Waals surface area (Å²) in [5, 5.41) is 0. The van der Waals surface area contributed by atoms with Gasteiger partial charge in [0.2, 0.25) is 0 Å². The minimum atomic E-state index is -0.581. The number of aromatic nitrogens is 2. The maximum Gasteiger partial charge on any atom is 0.261 e. The van der Waals surface area contributed by atoms with Crippen LogP contribution in [0, 0.1) is 5.82 Å². The van der Waals surface area contributed by atoms with Crippen LogP contribution in [0.5, 0.6) is 0 Å². The molecule has 0 N–H and O–H groups in total. The molecule has 0 saturated carbocycles. The summed E-state index contributed by atoms with van der Waals surface area (Å²) in [6, 6.07) is 10.4. The van der Waals surface area contributed by atoms with Crippen molar-refractivity contribution in [2.24, 2.45) is 0 Å². The molecule has 2 aromatic carbocycles. The summed E-state index contributed by atoms with van der Waals surface area (Å²) < 4.78 is 14.5. The van der Waals surface area contributed by atoms with E-state index in [0.29, 0.717) is 17.6 Å². The number of benzene rings is 2. The standard InChI is InChI=1S/C19H14FN3O/c20-15-12-17-16(21-8-9-22-17)11-14(15)19(24)23-10-4-3-6-13-5-1-2-7-18(13)23/h1-3,5-9,11-12H,4,10H2. The molecule has 4 nitrogen and oxygen atoms in total. The van der Waals surface area contributed by atoms with Crippen LogP contribution in [-0.4, -0.2) is 22.4 Å². The quantitative estimate of drug-likeness (QED) is 0.685. The van der Waals surface area contributed by atoms with Gasteiger partial charge in [-0.1, -0.05) is 30.4 Å². The average Bonchev–Trinajstić information content (AvgIpc) is 2.83. The molecule has 0 saturated heterocycles. The predicted molar refractivity (Wildman–Crippen MR) is 91.3 cm³/mol. The molecule has 0 spiro atoms. The number of fused-ring (bicyclic) bond motifs is 2. The number of hydrogen-bond acceptors (Lipinski definition) is 3. The second-order valence-electron chi connectivity index (χ2n) is 5.58. The Hall–Kier alpha value is -3.08. The number of para-hydroxylation sites is 1. The first-order valence-electron chi connectivity index (χ1n) is 7.72. The second-order valence-corrected chi connectivity index (χ2v) is 5.58. The third-order valence-corrected chi connectivity index (χ3v) is 4.08. The van der Waals surface area contributed by atoms with Crippen LogP contribution in [0.25, 0.3) is 17.1 Å². The van der Waals surface area contributed by atoms with Gasteiger partial charge in [0.15, 0.2) is 0 Å². The van der Waals surface area contributed by atoms with Crippen LogP contribution in [0.15, 0.2) is 54.9 Å². The number of rotatable bonds is 1. The molecule has 1 aromatic heterocycles. The zero-order valence-electron chi connectivity index (χ0n) is 12.8. The minimum Gasteiger partial charge on any atom is -0.307 e. The van der Waals surface area contributed by atoms with Crippen molar-refractivity contribution < 1.29 is 9.18 Å². The Labute approximate surface area is 138 Å². The summed E-state index contributed by atoms with van der Waals surface area (Å²) in [4.78, 5) is 22.8. The van der Waals surface area contributed by atoms with Crippen LogP contribution in [0.1, 0.15) is 22.3 Å². The Balaban J connectivity index is 1.81. The van der Waals surface area contributed by atoms with Crippen LogP contribution < -0.4 is 4.90 Å². The van der Waals surface area contributed by atoms with Crippen molar-refractivity contribution in [1.82, 2.24) is 9.97 Å². The number of amides is 1. The fourth-order valence-corrected chi connectivity index (χ4v) is 2.91. The SMILES string of the molecule is O=C(c1cc2nccnc2cc1F)N1CCC=Cc2ccccc21. The molecular formula is C19H14FN3O. The molecule has 4 rings (SSSR count). The summed E-state index contributed by atoms with van der Waals surface area (Å²) in [5.41, 5.74) is 2.69. The highest BCUT2D eigenvalue weighted by Crippen LogP contribution is 2.27. The van der Waals surface area contributed by atoms with Gasteiger partial charge < -0.3 is 4.90 Å². The highest BCUT2D eigenvalue weighted by molar-refractivity contribution is 6.08. The van der Waals surface area contributed by atoms with E-state index in [2.05, 4.69) is 9.97 Å². The maximum atomic E-state index is 14.5. The summed E-state index contributed by atoms with van der Waals surface area (Å²) in [6.07, 6.45) is 7.76. The number of carbonyl (C=O) groups excluding carboxylic acids is 1. The van der Waals surface area contributed by atoms with Gasteiger partial charge in [0.1, 0.15) is 5.82 Å². The van der Waals surface area contributed by atoms with E-state index >= 15 is 0 Å². The van der Waals surface area contributed by atoms with Crippen molar-refractivity contribution in [1.29, 1.82) is 0 Å². The van der Waals surface area contributed by atoms with Crippen molar-refractivity contribution in [3.8, 4) is 0 Å². The predicted octanol–water partition coefficient (Wildman–Crippen LogP) is 3.83. The fraction of sp³-hybridized carbons (Fsp3) is 0.105. The lowest BCUT2D eigenvalue weighted by atomic mass is 10.1.